The third kappa shape index (κ3) is 4.38. The molecular formula is C23H24N4OS. The van der Waals surface area contributed by atoms with Crippen LogP contribution in [0.15, 0.2) is 60.7 Å². The molecule has 2 aromatic heterocycles. The van der Waals surface area contributed by atoms with E-state index < -0.39 is 0 Å². The van der Waals surface area contributed by atoms with Gasteiger partial charge in [-0.25, -0.2) is 4.68 Å². The van der Waals surface area contributed by atoms with Crippen LogP contribution in [0.3, 0.4) is 0 Å². The van der Waals surface area contributed by atoms with Gasteiger partial charge in [0.25, 0.3) is 5.91 Å². The zero-order valence-corrected chi connectivity index (χ0v) is 17.5. The van der Waals surface area contributed by atoms with Crippen LogP contribution in [0.25, 0.3) is 11.0 Å². The Bertz CT molecular complexity index is 1120. The van der Waals surface area contributed by atoms with Crippen LogP contribution in [-0.4, -0.2) is 32.3 Å². The Morgan fingerprint density at radius 2 is 1.93 bits per heavy atom. The minimum atomic E-state index is 0.0277. The van der Waals surface area contributed by atoms with Crippen molar-refractivity contribution in [1.82, 2.24) is 19.9 Å². The number of aryl methyl sites for hydroxylation is 2. The Labute approximate surface area is 174 Å². The third-order valence-electron chi connectivity index (χ3n) is 5.00. The number of nitrogens with zero attached hydrogens (tertiary/aromatic N) is 4. The molecule has 0 unspecified atom stereocenters. The molecule has 5 nitrogen and oxygen atoms in total. The second-order valence-electron chi connectivity index (χ2n) is 7.08. The van der Waals surface area contributed by atoms with Crippen LogP contribution in [0.2, 0.25) is 0 Å². The van der Waals surface area contributed by atoms with Gasteiger partial charge in [0, 0.05) is 28.4 Å². The van der Waals surface area contributed by atoms with Gasteiger partial charge in [0.15, 0.2) is 0 Å². The number of carbonyl (C=O) groups excluding carboxylic acids is 1. The quantitative estimate of drug-likeness (QED) is 0.448. The maximum absolute atomic E-state index is 13.4. The van der Waals surface area contributed by atoms with Crippen molar-refractivity contribution in [3.8, 4) is 0 Å². The van der Waals surface area contributed by atoms with Crippen LogP contribution >= 0.6 is 11.3 Å². The van der Waals surface area contributed by atoms with Crippen LogP contribution in [0.5, 0.6) is 0 Å². The summed E-state index contributed by atoms with van der Waals surface area (Å²) < 4.78 is 1.84. The molecule has 0 N–H and O–H groups in total. The number of thiophene rings is 1. The van der Waals surface area contributed by atoms with E-state index in [9.17, 15) is 4.79 Å². The SMILES string of the molecule is CCn1nnc2cc(C(=O)N(CCc3ccccc3)Cc3ccc(C)s3)ccc21. The number of amides is 1. The summed E-state index contributed by atoms with van der Waals surface area (Å²) in [5, 5.41) is 8.37. The highest BCUT2D eigenvalue weighted by molar-refractivity contribution is 7.11. The van der Waals surface area contributed by atoms with Crippen molar-refractivity contribution in [3.05, 3.63) is 81.5 Å². The Morgan fingerprint density at radius 3 is 2.66 bits per heavy atom. The summed E-state index contributed by atoms with van der Waals surface area (Å²) in [6.45, 7) is 6.16. The van der Waals surface area contributed by atoms with E-state index in [0.29, 0.717) is 18.7 Å². The van der Waals surface area contributed by atoms with Gasteiger partial charge in [-0.15, -0.1) is 16.4 Å². The molecule has 0 fully saturated rings. The summed E-state index contributed by atoms with van der Waals surface area (Å²) in [6.07, 6.45) is 0.825. The lowest BCUT2D eigenvalue weighted by atomic mass is 10.1. The van der Waals surface area contributed by atoms with Gasteiger partial charge in [-0.1, -0.05) is 35.5 Å². The molecular weight excluding hydrogens is 380 g/mol. The minimum Gasteiger partial charge on any atom is -0.333 e. The molecule has 0 aliphatic rings. The van der Waals surface area contributed by atoms with Gasteiger partial charge in [0.2, 0.25) is 0 Å². The van der Waals surface area contributed by atoms with Gasteiger partial charge < -0.3 is 4.90 Å². The first kappa shape index (κ1) is 19.3. The predicted octanol–water partition coefficient (Wildman–Crippen LogP) is 4.71. The Balaban J connectivity index is 1.59. The fourth-order valence-corrected chi connectivity index (χ4v) is 4.35. The van der Waals surface area contributed by atoms with Crippen molar-refractivity contribution in [2.24, 2.45) is 0 Å². The first-order valence-electron chi connectivity index (χ1n) is 9.86. The summed E-state index contributed by atoms with van der Waals surface area (Å²) in [6, 6.07) is 20.2. The number of hydrogen-bond acceptors (Lipinski definition) is 4. The van der Waals surface area contributed by atoms with Crippen molar-refractivity contribution in [1.29, 1.82) is 0 Å². The summed E-state index contributed by atoms with van der Waals surface area (Å²) in [5.41, 5.74) is 3.59. The summed E-state index contributed by atoms with van der Waals surface area (Å²) >= 11 is 1.74. The summed E-state index contributed by atoms with van der Waals surface area (Å²) in [4.78, 5) is 17.8. The predicted molar refractivity (Wildman–Crippen MR) is 117 cm³/mol. The standard InChI is InChI=1S/C23H24N4OS/c1-3-27-22-12-10-19(15-21(22)24-25-27)23(28)26(16-20-11-9-17(2)29-20)14-13-18-7-5-4-6-8-18/h4-12,15H,3,13-14,16H2,1-2H3. The van der Waals surface area contributed by atoms with Gasteiger partial charge in [-0.2, -0.15) is 0 Å². The zero-order valence-electron chi connectivity index (χ0n) is 16.7. The second kappa shape index (κ2) is 8.57. The fraction of sp³-hybridized carbons (Fsp3) is 0.261. The Hall–Kier alpha value is -2.99. The average Bonchev–Trinajstić information content (AvgIpc) is 3.36. The van der Waals surface area contributed by atoms with Crippen molar-refractivity contribution in [2.75, 3.05) is 6.54 Å². The molecule has 6 heteroatoms. The lowest BCUT2D eigenvalue weighted by molar-refractivity contribution is 0.0747. The highest BCUT2D eigenvalue weighted by Gasteiger charge is 2.18. The van der Waals surface area contributed by atoms with Crippen LogP contribution in [0, 0.1) is 6.92 Å². The van der Waals surface area contributed by atoms with E-state index in [1.54, 1.807) is 11.3 Å². The van der Waals surface area contributed by atoms with Gasteiger partial charge in [0.05, 0.1) is 12.1 Å². The molecule has 148 valence electrons. The smallest absolute Gasteiger partial charge is 0.254 e. The Morgan fingerprint density at radius 1 is 1.10 bits per heavy atom. The topological polar surface area (TPSA) is 51.0 Å². The van der Waals surface area contributed by atoms with Crippen LogP contribution < -0.4 is 0 Å². The van der Waals surface area contributed by atoms with Gasteiger partial charge in [-0.3, -0.25) is 4.79 Å². The largest absolute Gasteiger partial charge is 0.333 e. The first-order valence-corrected chi connectivity index (χ1v) is 10.7. The molecule has 4 aromatic rings. The van der Waals surface area contributed by atoms with Crippen LogP contribution in [-0.2, 0) is 19.5 Å². The van der Waals surface area contributed by atoms with Gasteiger partial charge in [-0.05, 0) is 56.2 Å². The monoisotopic (exact) mass is 404 g/mol. The maximum atomic E-state index is 13.4. The molecule has 0 aliphatic heterocycles. The fourth-order valence-electron chi connectivity index (χ4n) is 3.44. The van der Waals surface area contributed by atoms with Crippen molar-refractivity contribution in [3.63, 3.8) is 0 Å². The van der Waals surface area contributed by atoms with E-state index >= 15 is 0 Å². The molecule has 2 aromatic carbocycles. The van der Waals surface area contributed by atoms with Gasteiger partial charge >= 0.3 is 0 Å². The van der Waals surface area contributed by atoms with Crippen molar-refractivity contribution >= 4 is 28.3 Å². The molecule has 0 atom stereocenters. The van der Waals surface area contributed by atoms with Gasteiger partial charge in [0.1, 0.15) is 5.52 Å². The normalized spacial score (nSPS) is 11.1. The highest BCUT2D eigenvalue weighted by Crippen LogP contribution is 2.20. The number of carbonyl (C=O) groups is 1. The molecule has 29 heavy (non-hydrogen) atoms. The lowest BCUT2D eigenvalue weighted by Gasteiger charge is -2.22. The second-order valence-corrected chi connectivity index (χ2v) is 8.46. The van der Waals surface area contributed by atoms with E-state index in [4.69, 9.17) is 0 Å². The third-order valence-corrected chi connectivity index (χ3v) is 5.99. The zero-order chi connectivity index (χ0) is 20.2. The maximum Gasteiger partial charge on any atom is 0.254 e. The average molecular weight is 405 g/mol. The first-order chi connectivity index (χ1) is 14.1. The molecule has 4 rings (SSSR count). The molecule has 1 amide bonds. The molecule has 2 heterocycles. The lowest BCUT2D eigenvalue weighted by Crippen LogP contribution is -2.32. The molecule has 0 saturated carbocycles. The molecule has 0 bridgehead atoms. The molecule has 0 saturated heterocycles. The minimum absolute atomic E-state index is 0.0277. The van der Waals surface area contributed by atoms with Crippen molar-refractivity contribution in [2.45, 2.75) is 33.4 Å². The number of hydrogen-bond donors (Lipinski definition) is 0. The van der Waals surface area contributed by atoms with Crippen LogP contribution in [0.4, 0.5) is 0 Å². The Kier molecular flexibility index (Phi) is 5.71. The number of aromatic nitrogens is 3. The van der Waals surface area contributed by atoms with Crippen molar-refractivity contribution < 1.29 is 4.79 Å². The van der Waals surface area contributed by atoms with Crippen LogP contribution in [0.1, 0.15) is 32.6 Å². The molecule has 0 spiro atoms. The summed E-state index contributed by atoms with van der Waals surface area (Å²) in [5.74, 6) is 0.0277. The number of rotatable bonds is 7. The highest BCUT2D eigenvalue weighted by atomic mass is 32.1. The number of benzene rings is 2. The van der Waals surface area contributed by atoms with E-state index in [2.05, 4.69) is 41.5 Å². The molecule has 0 radical (unpaired) electrons. The van der Waals surface area contributed by atoms with E-state index in [1.165, 1.54) is 15.3 Å². The summed E-state index contributed by atoms with van der Waals surface area (Å²) in [7, 11) is 0. The van der Waals surface area contributed by atoms with E-state index in [1.807, 2.05) is 52.9 Å². The van der Waals surface area contributed by atoms with E-state index in [-0.39, 0.29) is 5.91 Å². The van der Waals surface area contributed by atoms with E-state index in [0.717, 1.165) is 24.0 Å². The number of fused-ring (bicyclic) bond motifs is 1. The molecule has 0 aliphatic carbocycles.